The number of fused-ring (bicyclic) bond motifs is 2. The number of nitrogens with one attached hydrogen (secondary N) is 1. The summed E-state index contributed by atoms with van der Waals surface area (Å²) in [5.41, 5.74) is 3.42. The van der Waals surface area contributed by atoms with Gasteiger partial charge in [0.1, 0.15) is 26.8 Å². The average molecular weight is 601 g/mol. The van der Waals surface area contributed by atoms with Gasteiger partial charge in [-0.25, -0.2) is 4.98 Å². The molecular weight excluding hydrogens is 564 g/mol. The molecule has 224 valence electrons. The summed E-state index contributed by atoms with van der Waals surface area (Å²) in [5, 5.41) is 1.75. The molecule has 0 bridgehead atoms. The highest BCUT2D eigenvalue weighted by Gasteiger charge is 2.32. The van der Waals surface area contributed by atoms with Crippen LogP contribution in [0.4, 0.5) is 0 Å². The maximum atomic E-state index is 13.2. The van der Waals surface area contributed by atoms with Gasteiger partial charge in [-0.05, 0) is 102 Å². The van der Waals surface area contributed by atoms with E-state index in [9.17, 15) is 19.2 Å². The van der Waals surface area contributed by atoms with Crippen molar-refractivity contribution in [2.24, 2.45) is 23.7 Å². The lowest BCUT2D eigenvalue weighted by molar-refractivity contribution is -0.141. The highest BCUT2D eigenvalue weighted by molar-refractivity contribution is 7.22. The molecule has 2 aromatic carbocycles. The van der Waals surface area contributed by atoms with Crippen molar-refractivity contribution in [2.45, 2.75) is 72.1 Å². The van der Waals surface area contributed by atoms with Crippen LogP contribution in [0.15, 0.2) is 36.4 Å². The molecule has 8 nitrogen and oxygen atoms in total. The molecule has 2 fully saturated rings. The van der Waals surface area contributed by atoms with E-state index in [0.717, 1.165) is 22.2 Å². The van der Waals surface area contributed by atoms with Crippen molar-refractivity contribution < 1.29 is 28.7 Å². The molecule has 2 aliphatic carbocycles. The van der Waals surface area contributed by atoms with Gasteiger partial charge in [-0.3, -0.25) is 19.2 Å². The SMILES string of the molecule is CC(=O)C1CCC(C(=O)Oc2ccc(OC(=O)C3CCC(C(C)=O)CC3)c3sc(-c4cc5cc(C)ccc5[nH]4)nc23)CC1. The Bertz CT molecular complexity index is 1630. The minimum Gasteiger partial charge on any atom is -0.425 e. The summed E-state index contributed by atoms with van der Waals surface area (Å²) in [5.74, 6) is -0.0910. The second-order valence-corrected chi connectivity index (χ2v) is 13.2. The molecule has 1 N–H and O–H groups in total. The van der Waals surface area contributed by atoms with Crippen LogP contribution in [-0.4, -0.2) is 33.5 Å². The lowest BCUT2D eigenvalue weighted by Gasteiger charge is -2.25. The molecule has 0 spiro atoms. The second kappa shape index (κ2) is 12.0. The Labute approximate surface area is 254 Å². The van der Waals surface area contributed by atoms with Crippen LogP contribution in [0.3, 0.4) is 0 Å². The maximum absolute atomic E-state index is 13.2. The number of hydrogen-bond acceptors (Lipinski definition) is 8. The Kier molecular flexibility index (Phi) is 8.18. The number of esters is 2. The Morgan fingerprint density at radius 2 is 1.28 bits per heavy atom. The molecule has 0 amide bonds. The molecular formula is C34H36N2O6S. The van der Waals surface area contributed by atoms with Crippen LogP contribution in [0, 0.1) is 30.6 Å². The lowest BCUT2D eigenvalue weighted by atomic mass is 9.80. The highest BCUT2D eigenvalue weighted by atomic mass is 32.1. The molecule has 9 heteroatoms. The normalized spacial score (nSPS) is 22.4. The number of hydrogen-bond donors (Lipinski definition) is 1. The number of nitrogens with zero attached hydrogens (tertiary/aromatic N) is 1. The molecule has 43 heavy (non-hydrogen) atoms. The van der Waals surface area contributed by atoms with Gasteiger partial charge >= 0.3 is 11.9 Å². The van der Waals surface area contributed by atoms with Gasteiger partial charge in [0.2, 0.25) is 0 Å². The summed E-state index contributed by atoms with van der Waals surface area (Å²) < 4.78 is 12.5. The molecule has 0 unspecified atom stereocenters. The van der Waals surface area contributed by atoms with E-state index in [-0.39, 0.29) is 47.2 Å². The number of ether oxygens (including phenoxy) is 2. The van der Waals surface area contributed by atoms with Crippen LogP contribution >= 0.6 is 11.3 Å². The zero-order valence-corrected chi connectivity index (χ0v) is 25.6. The number of aromatic amines is 1. The molecule has 0 saturated heterocycles. The average Bonchev–Trinajstić information content (AvgIpc) is 3.63. The number of rotatable bonds is 7. The molecule has 0 aliphatic heterocycles. The molecule has 2 aliphatic rings. The Morgan fingerprint density at radius 1 is 0.744 bits per heavy atom. The quantitative estimate of drug-likeness (QED) is 0.174. The topological polar surface area (TPSA) is 115 Å². The van der Waals surface area contributed by atoms with E-state index < -0.39 is 0 Å². The van der Waals surface area contributed by atoms with Crippen LogP contribution in [-0.2, 0) is 19.2 Å². The van der Waals surface area contributed by atoms with Gasteiger partial charge in [-0.15, -0.1) is 11.3 Å². The number of carbonyl (C=O) groups excluding carboxylic acids is 4. The first-order chi connectivity index (χ1) is 20.7. The Hall–Kier alpha value is -3.85. The molecule has 2 saturated carbocycles. The molecule has 0 atom stereocenters. The molecule has 0 radical (unpaired) electrons. The Balaban J connectivity index is 1.29. The first-order valence-electron chi connectivity index (χ1n) is 15.1. The number of Topliss-reactive ketones (excluding diaryl/α,β-unsaturated/α-hetero) is 2. The summed E-state index contributed by atoms with van der Waals surface area (Å²) in [4.78, 5) is 58.3. The van der Waals surface area contributed by atoms with Gasteiger partial charge in [0.15, 0.2) is 11.5 Å². The van der Waals surface area contributed by atoms with Crippen LogP contribution in [0.1, 0.15) is 70.8 Å². The van der Waals surface area contributed by atoms with Crippen molar-refractivity contribution in [2.75, 3.05) is 0 Å². The number of aromatic nitrogens is 2. The standard InChI is InChI=1S/C34H36N2O6S/c1-18-4-13-26-25(16-18)17-27(35-26)32-36-30-28(41-33(39)23-9-5-21(6-10-23)19(2)37)14-15-29(31(30)43-32)42-34(40)24-11-7-22(8-12-24)20(3)38/h4,13-17,21-24,35H,5-12H2,1-3H3. The predicted octanol–water partition coefficient (Wildman–Crippen LogP) is 7.35. The van der Waals surface area contributed by atoms with Crippen molar-refractivity contribution in [1.29, 1.82) is 0 Å². The van der Waals surface area contributed by atoms with E-state index in [0.29, 0.717) is 78.1 Å². The number of benzene rings is 2. The predicted molar refractivity (Wildman–Crippen MR) is 165 cm³/mol. The molecule has 2 heterocycles. The molecule has 6 rings (SSSR count). The molecule has 4 aromatic rings. The van der Waals surface area contributed by atoms with Crippen molar-refractivity contribution in [1.82, 2.24) is 9.97 Å². The second-order valence-electron chi connectivity index (χ2n) is 12.2. The van der Waals surface area contributed by atoms with Crippen molar-refractivity contribution in [3.05, 3.63) is 42.0 Å². The van der Waals surface area contributed by atoms with E-state index in [1.165, 1.54) is 11.3 Å². The van der Waals surface area contributed by atoms with E-state index in [4.69, 9.17) is 14.5 Å². The number of carbonyl (C=O) groups is 4. The summed E-state index contributed by atoms with van der Waals surface area (Å²) in [6.45, 7) is 5.27. The van der Waals surface area contributed by atoms with Gasteiger partial charge in [0.25, 0.3) is 0 Å². The minimum atomic E-state index is -0.328. The third kappa shape index (κ3) is 6.13. The fraction of sp³-hybridized carbons (Fsp3) is 0.441. The van der Waals surface area contributed by atoms with E-state index >= 15 is 0 Å². The zero-order chi connectivity index (χ0) is 30.2. The smallest absolute Gasteiger partial charge is 0.314 e. The maximum Gasteiger partial charge on any atom is 0.314 e. The number of aryl methyl sites for hydroxylation is 1. The van der Waals surface area contributed by atoms with Crippen LogP contribution < -0.4 is 9.47 Å². The van der Waals surface area contributed by atoms with Crippen LogP contribution in [0.25, 0.3) is 31.8 Å². The third-order valence-electron chi connectivity index (χ3n) is 9.17. The highest BCUT2D eigenvalue weighted by Crippen LogP contribution is 2.42. The largest absolute Gasteiger partial charge is 0.425 e. The van der Waals surface area contributed by atoms with Gasteiger partial charge in [0.05, 0.1) is 17.5 Å². The van der Waals surface area contributed by atoms with Crippen molar-refractivity contribution >= 4 is 56.0 Å². The summed E-state index contributed by atoms with van der Waals surface area (Å²) in [7, 11) is 0. The summed E-state index contributed by atoms with van der Waals surface area (Å²) in [6.07, 6.45) is 5.24. The summed E-state index contributed by atoms with van der Waals surface area (Å²) in [6, 6.07) is 11.5. The van der Waals surface area contributed by atoms with E-state index in [2.05, 4.69) is 11.1 Å². The van der Waals surface area contributed by atoms with Crippen molar-refractivity contribution in [3.8, 4) is 22.2 Å². The van der Waals surface area contributed by atoms with Crippen molar-refractivity contribution in [3.63, 3.8) is 0 Å². The van der Waals surface area contributed by atoms with Crippen LogP contribution in [0.5, 0.6) is 11.5 Å². The first-order valence-corrected chi connectivity index (χ1v) is 16.0. The molecule has 2 aromatic heterocycles. The fourth-order valence-electron chi connectivity index (χ4n) is 6.46. The van der Waals surface area contributed by atoms with Gasteiger partial charge < -0.3 is 14.5 Å². The third-order valence-corrected chi connectivity index (χ3v) is 10.3. The monoisotopic (exact) mass is 600 g/mol. The first kappa shape index (κ1) is 29.2. The van der Waals surface area contributed by atoms with E-state index in [1.54, 1.807) is 26.0 Å². The van der Waals surface area contributed by atoms with E-state index in [1.807, 2.05) is 25.1 Å². The number of ketones is 2. The fourth-order valence-corrected chi connectivity index (χ4v) is 7.46. The van der Waals surface area contributed by atoms with Gasteiger partial charge in [-0.1, -0.05) is 11.6 Å². The number of thiazole rings is 1. The Morgan fingerprint density at radius 3 is 1.86 bits per heavy atom. The van der Waals surface area contributed by atoms with Gasteiger partial charge in [-0.2, -0.15) is 0 Å². The minimum absolute atomic E-state index is 0.0171. The van der Waals surface area contributed by atoms with Crippen LogP contribution in [0.2, 0.25) is 0 Å². The van der Waals surface area contributed by atoms with Gasteiger partial charge in [0, 0.05) is 22.7 Å². The summed E-state index contributed by atoms with van der Waals surface area (Å²) >= 11 is 1.38. The lowest BCUT2D eigenvalue weighted by Crippen LogP contribution is -2.28. The zero-order valence-electron chi connectivity index (χ0n) is 24.7. The number of H-pyrrole nitrogens is 1.